The van der Waals surface area contributed by atoms with Crippen molar-refractivity contribution in [2.45, 2.75) is 31.4 Å². The Labute approximate surface area is 121 Å². The summed E-state index contributed by atoms with van der Waals surface area (Å²) in [4.78, 5) is 6.52. The van der Waals surface area contributed by atoms with Gasteiger partial charge in [-0.15, -0.1) is 0 Å². The highest BCUT2D eigenvalue weighted by atomic mass is 16.5. The van der Waals surface area contributed by atoms with Crippen molar-refractivity contribution in [3.63, 3.8) is 0 Å². The van der Waals surface area contributed by atoms with E-state index in [9.17, 15) is 0 Å². The Morgan fingerprint density at radius 3 is 2.90 bits per heavy atom. The molecule has 2 atom stereocenters. The van der Waals surface area contributed by atoms with E-state index in [0.29, 0.717) is 18.5 Å². The molecule has 1 aliphatic heterocycles. The number of likely N-dealkylation sites (N-methyl/N-ethyl adjacent to an activating group) is 1. The molecule has 1 aromatic rings. The van der Waals surface area contributed by atoms with E-state index in [-0.39, 0.29) is 6.04 Å². The van der Waals surface area contributed by atoms with Crippen LogP contribution in [0.15, 0.2) is 18.3 Å². The van der Waals surface area contributed by atoms with E-state index in [0.717, 1.165) is 25.1 Å². The summed E-state index contributed by atoms with van der Waals surface area (Å²) in [7, 11) is 3.72. The van der Waals surface area contributed by atoms with Crippen molar-refractivity contribution < 1.29 is 9.47 Å². The molecule has 0 saturated carbocycles. The first-order chi connectivity index (χ1) is 9.74. The molecule has 2 heterocycles. The number of hydrogen-bond donors (Lipinski definition) is 1. The van der Waals surface area contributed by atoms with E-state index in [4.69, 9.17) is 15.2 Å². The van der Waals surface area contributed by atoms with Crippen molar-refractivity contribution in [1.82, 2.24) is 9.88 Å². The Hall–Kier alpha value is -1.17. The number of ether oxygens (including phenoxy) is 2. The normalized spacial score (nSPS) is 20.9. The SMILES string of the molecule is COc1ccc(C(CN)N(C)CC2CCCCO2)cn1. The molecule has 112 valence electrons. The average molecular weight is 279 g/mol. The van der Waals surface area contributed by atoms with Gasteiger partial charge in [-0.25, -0.2) is 4.98 Å². The smallest absolute Gasteiger partial charge is 0.212 e. The van der Waals surface area contributed by atoms with Gasteiger partial charge in [-0.3, -0.25) is 4.90 Å². The van der Waals surface area contributed by atoms with Crippen molar-refractivity contribution in [3.8, 4) is 5.88 Å². The fourth-order valence-electron chi connectivity index (χ4n) is 2.68. The maximum Gasteiger partial charge on any atom is 0.212 e. The van der Waals surface area contributed by atoms with Crippen LogP contribution in [0.2, 0.25) is 0 Å². The fourth-order valence-corrected chi connectivity index (χ4v) is 2.68. The van der Waals surface area contributed by atoms with Crippen molar-refractivity contribution in [2.75, 3.05) is 33.9 Å². The number of nitrogens with zero attached hydrogens (tertiary/aromatic N) is 2. The molecule has 2 rings (SSSR count). The predicted octanol–water partition coefficient (Wildman–Crippen LogP) is 1.59. The topological polar surface area (TPSA) is 60.6 Å². The molecule has 1 saturated heterocycles. The van der Waals surface area contributed by atoms with Crippen LogP contribution < -0.4 is 10.5 Å². The summed E-state index contributed by atoms with van der Waals surface area (Å²) in [5.74, 6) is 0.628. The van der Waals surface area contributed by atoms with Crippen molar-refractivity contribution in [3.05, 3.63) is 23.9 Å². The molecule has 0 amide bonds. The highest BCUT2D eigenvalue weighted by Crippen LogP contribution is 2.22. The third kappa shape index (κ3) is 3.91. The van der Waals surface area contributed by atoms with Crippen LogP contribution >= 0.6 is 0 Å². The lowest BCUT2D eigenvalue weighted by molar-refractivity contribution is -0.00780. The highest BCUT2D eigenvalue weighted by Gasteiger charge is 2.21. The number of hydrogen-bond acceptors (Lipinski definition) is 5. The predicted molar refractivity (Wildman–Crippen MR) is 78.8 cm³/mol. The van der Waals surface area contributed by atoms with Gasteiger partial charge in [0.1, 0.15) is 0 Å². The second-order valence-electron chi connectivity index (χ2n) is 5.31. The molecule has 20 heavy (non-hydrogen) atoms. The Kier molecular flexibility index (Phi) is 5.76. The molecule has 0 bridgehead atoms. The lowest BCUT2D eigenvalue weighted by atomic mass is 10.1. The number of aromatic nitrogens is 1. The zero-order chi connectivity index (χ0) is 14.4. The highest BCUT2D eigenvalue weighted by molar-refractivity contribution is 5.21. The van der Waals surface area contributed by atoms with E-state index in [2.05, 4.69) is 16.9 Å². The molecule has 1 fully saturated rings. The molecular formula is C15H25N3O2. The summed E-state index contributed by atoms with van der Waals surface area (Å²) in [5.41, 5.74) is 7.06. The van der Waals surface area contributed by atoms with Crippen LogP contribution in [0.3, 0.4) is 0 Å². The zero-order valence-corrected chi connectivity index (χ0v) is 12.4. The van der Waals surface area contributed by atoms with Crippen LogP contribution in [-0.2, 0) is 4.74 Å². The van der Waals surface area contributed by atoms with Gasteiger partial charge < -0.3 is 15.2 Å². The first-order valence-corrected chi connectivity index (χ1v) is 7.26. The van der Waals surface area contributed by atoms with Crippen LogP contribution in [0.1, 0.15) is 30.9 Å². The fraction of sp³-hybridized carbons (Fsp3) is 0.667. The van der Waals surface area contributed by atoms with E-state index < -0.39 is 0 Å². The summed E-state index contributed by atoms with van der Waals surface area (Å²) in [6.07, 6.45) is 5.75. The van der Waals surface area contributed by atoms with Gasteiger partial charge in [0.15, 0.2) is 0 Å². The van der Waals surface area contributed by atoms with Crippen LogP contribution in [0.5, 0.6) is 5.88 Å². The van der Waals surface area contributed by atoms with E-state index >= 15 is 0 Å². The maximum absolute atomic E-state index is 5.94. The standard InChI is InChI=1S/C15H25N3O2/c1-18(11-13-5-3-4-8-20-13)14(9-16)12-6-7-15(19-2)17-10-12/h6-7,10,13-14H,3-5,8-9,11,16H2,1-2H3. The first-order valence-electron chi connectivity index (χ1n) is 7.26. The van der Waals surface area contributed by atoms with Crippen molar-refractivity contribution in [2.24, 2.45) is 5.73 Å². The maximum atomic E-state index is 5.94. The molecule has 1 aromatic heterocycles. The second kappa shape index (κ2) is 7.57. The van der Waals surface area contributed by atoms with Gasteiger partial charge in [0, 0.05) is 38.0 Å². The Morgan fingerprint density at radius 1 is 1.50 bits per heavy atom. The summed E-state index contributed by atoms with van der Waals surface area (Å²) in [5, 5.41) is 0. The lowest BCUT2D eigenvalue weighted by Crippen LogP contribution is -2.38. The minimum Gasteiger partial charge on any atom is -0.481 e. The molecule has 0 spiro atoms. The van der Waals surface area contributed by atoms with Gasteiger partial charge >= 0.3 is 0 Å². The lowest BCUT2D eigenvalue weighted by Gasteiger charge is -2.32. The van der Waals surface area contributed by atoms with E-state index in [1.807, 2.05) is 18.3 Å². The van der Waals surface area contributed by atoms with E-state index in [1.165, 1.54) is 12.8 Å². The third-order valence-corrected chi connectivity index (χ3v) is 3.87. The quantitative estimate of drug-likeness (QED) is 0.857. The Balaban J connectivity index is 1.98. The van der Waals surface area contributed by atoms with E-state index in [1.54, 1.807) is 7.11 Å². The summed E-state index contributed by atoms with van der Waals surface area (Å²) < 4.78 is 10.9. The molecule has 5 heteroatoms. The largest absolute Gasteiger partial charge is 0.481 e. The summed E-state index contributed by atoms with van der Waals surface area (Å²) in [6.45, 7) is 2.36. The monoisotopic (exact) mass is 279 g/mol. The Morgan fingerprint density at radius 2 is 2.35 bits per heavy atom. The zero-order valence-electron chi connectivity index (χ0n) is 12.4. The van der Waals surface area contributed by atoms with Gasteiger partial charge in [0.05, 0.1) is 13.2 Å². The second-order valence-corrected chi connectivity index (χ2v) is 5.31. The van der Waals surface area contributed by atoms with Crippen LogP contribution in [0, 0.1) is 0 Å². The minimum absolute atomic E-state index is 0.166. The summed E-state index contributed by atoms with van der Waals surface area (Å²) >= 11 is 0. The first kappa shape index (κ1) is 15.2. The molecule has 0 aromatic carbocycles. The third-order valence-electron chi connectivity index (χ3n) is 3.87. The molecule has 2 N–H and O–H groups in total. The number of nitrogens with two attached hydrogens (primary N) is 1. The van der Waals surface area contributed by atoms with Crippen molar-refractivity contribution in [1.29, 1.82) is 0 Å². The number of pyridine rings is 1. The number of methoxy groups -OCH3 is 1. The van der Waals surface area contributed by atoms with Crippen LogP contribution in [0.25, 0.3) is 0 Å². The van der Waals surface area contributed by atoms with Gasteiger partial charge in [-0.1, -0.05) is 6.07 Å². The molecule has 0 radical (unpaired) electrons. The minimum atomic E-state index is 0.166. The molecule has 1 aliphatic rings. The van der Waals surface area contributed by atoms with Gasteiger partial charge in [-0.05, 0) is 31.9 Å². The van der Waals surface area contributed by atoms with Gasteiger partial charge in [0.25, 0.3) is 0 Å². The molecular weight excluding hydrogens is 254 g/mol. The van der Waals surface area contributed by atoms with Crippen molar-refractivity contribution >= 4 is 0 Å². The summed E-state index contributed by atoms with van der Waals surface area (Å²) in [6, 6.07) is 4.07. The van der Waals surface area contributed by atoms with Crippen LogP contribution in [-0.4, -0.2) is 49.8 Å². The molecule has 5 nitrogen and oxygen atoms in total. The number of rotatable bonds is 6. The Bertz CT molecular complexity index is 391. The van der Waals surface area contributed by atoms with Gasteiger partial charge in [0.2, 0.25) is 5.88 Å². The van der Waals surface area contributed by atoms with Crippen LogP contribution in [0.4, 0.5) is 0 Å². The average Bonchev–Trinajstić information content (AvgIpc) is 2.49. The molecule has 2 unspecified atom stereocenters. The molecule has 0 aliphatic carbocycles. The van der Waals surface area contributed by atoms with Gasteiger partial charge in [-0.2, -0.15) is 0 Å².